The molecule has 7 heteroatoms. The number of para-hydroxylation sites is 1. The highest BCUT2D eigenvalue weighted by atomic mass is 32.1. The van der Waals surface area contributed by atoms with Gasteiger partial charge in [0.1, 0.15) is 0 Å². The van der Waals surface area contributed by atoms with Crippen molar-refractivity contribution in [3.63, 3.8) is 0 Å². The fourth-order valence-electron chi connectivity index (χ4n) is 3.00. The lowest BCUT2D eigenvalue weighted by Gasteiger charge is -2.13. The molecular formula is C19H22N4O2S. The van der Waals surface area contributed by atoms with E-state index in [1.165, 1.54) is 0 Å². The highest BCUT2D eigenvalue weighted by Gasteiger charge is 2.15. The van der Waals surface area contributed by atoms with E-state index in [0.29, 0.717) is 30.3 Å². The van der Waals surface area contributed by atoms with Crippen molar-refractivity contribution in [2.75, 3.05) is 0 Å². The molecule has 0 fully saturated rings. The van der Waals surface area contributed by atoms with Crippen LogP contribution in [0.1, 0.15) is 41.4 Å². The summed E-state index contributed by atoms with van der Waals surface area (Å²) in [5, 5.41) is 4.58. The zero-order valence-corrected chi connectivity index (χ0v) is 16.0. The number of hydrogen-bond donors (Lipinski definition) is 1. The van der Waals surface area contributed by atoms with E-state index in [9.17, 15) is 9.59 Å². The van der Waals surface area contributed by atoms with E-state index in [4.69, 9.17) is 0 Å². The molecule has 1 aromatic carbocycles. The highest BCUT2D eigenvalue weighted by Crippen LogP contribution is 2.22. The van der Waals surface area contributed by atoms with Crippen molar-refractivity contribution in [1.29, 1.82) is 0 Å². The van der Waals surface area contributed by atoms with Crippen LogP contribution >= 0.6 is 11.3 Å². The largest absolute Gasteiger partial charge is 0.348 e. The van der Waals surface area contributed by atoms with Gasteiger partial charge in [0.05, 0.1) is 34.0 Å². The molecule has 3 aromatic rings. The maximum atomic E-state index is 12.4. The predicted octanol–water partition coefficient (Wildman–Crippen LogP) is 3.13. The summed E-state index contributed by atoms with van der Waals surface area (Å²) in [4.78, 5) is 34.5. The third kappa shape index (κ3) is 3.99. The average Bonchev–Trinajstić information content (AvgIpc) is 2.95. The highest BCUT2D eigenvalue weighted by molar-refractivity contribution is 7.11. The van der Waals surface area contributed by atoms with E-state index in [-0.39, 0.29) is 17.5 Å². The second-order valence-electron chi connectivity index (χ2n) is 6.33. The molecular weight excluding hydrogens is 348 g/mol. The van der Waals surface area contributed by atoms with Crippen molar-refractivity contribution in [2.24, 2.45) is 0 Å². The van der Waals surface area contributed by atoms with Crippen molar-refractivity contribution in [3.8, 4) is 0 Å². The van der Waals surface area contributed by atoms with Gasteiger partial charge in [-0.25, -0.2) is 9.97 Å². The molecule has 6 nitrogen and oxygen atoms in total. The Morgan fingerprint density at radius 1 is 1.31 bits per heavy atom. The number of amides is 1. The first-order valence-corrected chi connectivity index (χ1v) is 9.45. The van der Waals surface area contributed by atoms with E-state index >= 15 is 0 Å². The molecule has 26 heavy (non-hydrogen) atoms. The van der Waals surface area contributed by atoms with Gasteiger partial charge in [0, 0.05) is 17.8 Å². The second kappa shape index (κ2) is 7.78. The number of benzene rings is 1. The molecule has 1 N–H and O–H groups in total. The van der Waals surface area contributed by atoms with Crippen LogP contribution in [0.15, 0.2) is 35.4 Å². The van der Waals surface area contributed by atoms with E-state index in [1.807, 2.05) is 39.0 Å². The van der Waals surface area contributed by atoms with Crippen molar-refractivity contribution < 1.29 is 4.79 Å². The van der Waals surface area contributed by atoms with Gasteiger partial charge >= 0.3 is 0 Å². The molecule has 0 aliphatic carbocycles. The van der Waals surface area contributed by atoms with Crippen LogP contribution in [-0.4, -0.2) is 20.4 Å². The van der Waals surface area contributed by atoms with Gasteiger partial charge in [-0.2, -0.15) is 0 Å². The first-order valence-electron chi connectivity index (χ1n) is 8.63. The molecule has 0 bridgehead atoms. The molecule has 0 radical (unpaired) electrons. The summed E-state index contributed by atoms with van der Waals surface area (Å²) in [6, 6.07) is 7.16. The molecule has 1 atom stereocenters. The molecule has 136 valence electrons. The smallest absolute Gasteiger partial charge is 0.261 e. The zero-order valence-electron chi connectivity index (χ0n) is 15.2. The van der Waals surface area contributed by atoms with Gasteiger partial charge in [-0.3, -0.25) is 14.2 Å². The number of nitrogens with zero attached hydrogens (tertiary/aromatic N) is 3. The summed E-state index contributed by atoms with van der Waals surface area (Å²) in [6.07, 6.45) is 2.48. The Morgan fingerprint density at radius 2 is 2.08 bits per heavy atom. The van der Waals surface area contributed by atoms with Gasteiger partial charge in [0.25, 0.3) is 5.56 Å². The van der Waals surface area contributed by atoms with E-state index in [1.54, 1.807) is 28.3 Å². The number of thiazole rings is 1. The van der Waals surface area contributed by atoms with Gasteiger partial charge < -0.3 is 5.32 Å². The summed E-state index contributed by atoms with van der Waals surface area (Å²) in [7, 11) is 0. The molecule has 2 heterocycles. The number of aromatic nitrogens is 3. The van der Waals surface area contributed by atoms with Crippen LogP contribution in [0.2, 0.25) is 0 Å². The third-order valence-corrected chi connectivity index (χ3v) is 5.16. The molecule has 0 spiro atoms. The Balaban J connectivity index is 1.56. The van der Waals surface area contributed by atoms with E-state index in [2.05, 4.69) is 15.3 Å². The van der Waals surface area contributed by atoms with Gasteiger partial charge in [0.15, 0.2) is 0 Å². The fraction of sp³-hybridized carbons (Fsp3) is 0.368. The standard InChI is InChI=1S/C19H22N4O2S/c1-12(18-13(2)26-14(3)22-18)21-17(24)9-6-10-23-11-20-16-8-5-4-7-15(16)19(23)25/h4-5,7-8,11-12H,6,9-10H2,1-3H3,(H,21,24). The van der Waals surface area contributed by atoms with Crippen LogP contribution < -0.4 is 10.9 Å². The maximum absolute atomic E-state index is 12.4. The Morgan fingerprint density at radius 3 is 2.81 bits per heavy atom. The van der Waals surface area contributed by atoms with Gasteiger partial charge in [-0.15, -0.1) is 11.3 Å². The molecule has 2 aromatic heterocycles. The number of nitrogens with one attached hydrogen (secondary N) is 1. The lowest BCUT2D eigenvalue weighted by molar-refractivity contribution is -0.121. The summed E-state index contributed by atoms with van der Waals surface area (Å²) in [6.45, 7) is 6.39. The summed E-state index contributed by atoms with van der Waals surface area (Å²) in [5.41, 5.74) is 1.54. The minimum Gasteiger partial charge on any atom is -0.348 e. The molecule has 1 unspecified atom stereocenters. The van der Waals surface area contributed by atoms with E-state index in [0.717, 1.165) is 15.6 Å². The van der Waals surface area contributed by atoms with Gasteiger partial charge in [0.2, 0.25) is 5.91 Å². The number of carbonyl (C=O) groups excluding carboxylic acids is 1. The van der Waals surface area contributed by atoms with Gasteiger partial charge in [-0.1, -0.05) is 12.1 Å². The molecule has 0 saturated carbocycles. The Hall–Kier alpha value is -2.54. The Labute approximate surface area is 155 Å². The normalized spacial score (nSPS) is 12.3. The summed E-state index contributed by atoms with van der Waals surface area (Å²) >= 11 is 1.63. The molecule has 3 rings (SSSR count). The minimum atomic E-state index is -0.113. The second-order valence-corrected chi connectivity index (χ2v) is 7.73. The molecule has 1 amide bonds. The predicted molar refractivity (Wildman–Crippen MR) is 103 cm³/mol. The summed E-state index contributed by atoms with van der Waals surface area (Å²) in [5.74, 6) is -0.0376. The van der Waals surface area contributed by atoms with Gasteiger partial charge in [-0.05, 0) is 39.3 Å². The van der Waals surface area contributed by atoms with Crippen molar-refractivity contribution in [3.05, 3.63) is 56.5 Å². The Bertz CT molecular complexity index is 993. The van der Waals surface area contributed by atoms with Crippen LogP contribution in [0.4, 0.5) is 0 Å². The van der Waals surface area contributed by atoms with Crippen LogP contribution in [-0.2, 0) is 11.3 Å². The SMILES string of the molecule is Cc1nc(C(C)NC(=O)CCCn2cnc3ccccc3c2=O)c(C)s1. The van der Waals surface area contributed by atoms with E-state index < -0.39 is 0 Å². The number of hydrogen-bond acceptors (Lipinski definition) is 5. The summed E-state index contributed by atoms with van der Waals surface area (Å²) < 4.78 is 1.56. The van der Waals surface area contributed by atoms with Crippen LogP contribution in [0, 0.1) is 13.8 Å². The van der Waals surface area contributed by atoms with Crippen LogP contribution in [0.5, 0.6) is 0 Å². The first-order chi connectivity index (χ1) is 12.5. The van der Waals surface area contributed by atoms with Crippen molar-refractivity contribution in [2.45, 2.75) is 46.2 Å². The average molecular weight is 370 g/mol. The van der Waals surface area contributed by atoms with Crippen molar-refractivity contribution in [1.82, 2.24) is 19.9 Å². The molecule has 0 aliphatic heterocycles. The molecule has 0 aliphatic rings. The molecule has 0 saturated heterocycles. The number of fused-ring (bicyclic) bond motifs is 1. The number of carbonyl (C=O) groups is 1. The fourth-order valence-corrected chi connectivity index (χ4v) is 3.92. The quantitative estimate of drug-likeness (QED) is 0.723. The number of rotatable bonds is 6. The third-order valence-electron chi connectivity index (χ3n) is 4.26. The Kier molecular flexibility index (Phi) is 5.46. The van der Waals surface area contributed by atoms with Crippen molar-refractivity contribution >= 4 is 28.1 Å². The monoisotopic (exact) mass is 370 g/mol. The lowest BCUT2D eigenvalue weighted by atomic mass is 10.2. The first kappa shape index (κ1) is 18.3. The van der Waals surface area contributed by atoms with Crippen LogP contribution in [0.25, 0.3) is 10.9 Å². The zero-order chi connectivity index (χ0) is 18.7. The maximum Gasteiger partial charge on any atom is 0.261 e. The number of aryl methyl sites for hydroxylation is 3. The topological polar surface area (TPSA) is 76.9 Å². The minimum absolute atomic E-state index is 0.0376. The van der Waals surface area contributed by atoms with Crippen LogP contribution in [0.3, 0.4) is 0 Å². The lowest BCUT2D eigenvalue weighted by Crippen LogP contribution is -2.28.